The van der Waals surface area contributed by atoms with Gasteiger partial charge in [-0.25, -0.2) is 5.43 Å². The quantitative estimate of drug-likeness (QED) is 0.537. The SMILES string of the molecule is CCc1ccc(NC(=O)/C(C#N)=C/C2CNNC2c2ccc3c(c2)OCO3)cc1. The summed E-state index contributed by atoms with van der Waals surface area (Å²) in [4.78, 5) is 12.6. The Hall–Kier alpha value is -3.34. The van der Waals surface area contributed by atoms with Crippen molar-refractivity contribution in [1.82, 2.24) is 10.9 Å². The molecular formula is C22H22N4O3. The summed E-state index contributed by atoms with van der Waals surface area (Å²) in [5.74, 6) is 0.942. The van der Waals surface area contributed by atoms with Crippen LogP contribution in [0.25, 0.3) is 0 Å². The van der Waals surface area contributed by atoms with E-state index in [0.717, 1.165) is 17.7 Å². The van der Waals surface area contributed by atoms with Gasteiger partial charge in [0.25, 0.3) is 5.91 Å². The second-order valence-corrected chi connectivity index (χ2v) is 6.98. The van der Waals surface area contributed by atoms with Crippen molar-refractivity contribution in [3.8, 4) is 17.6 Å². The van der Waals surface area contributed by atoms with Crippen molar-refractivity contribution in [3.63, 3.8) is 0 Å². The topological polar surface area (TPSA) is 95.4 Å². The van der Waals surface area contributed by atoms with E-state index in [4.69, 9.17) is 9.47 Å². The lowest BCUT2D eigenvalue weighted by Gasteiger charge is -2.17. The van der Waals surface area contributed by atoms with Crippen LogP contribution in [0.15, 0.2) is 54.1 Å². The minimum Gasteiger partial charge on any atom is -0.454 e. The van der Waals surface area contributed by atoms with Gasteiger partial charge in [0, 0.05) is 18.2 Å². The number of hydrazine groups is 1. The number of ether oxygens (including phenoxy) is 2. The number of hydrogen-bond acceptors (Lipinski definition) is 6. The van der Waals surface area contributed by atoms with Gasteiger partial charge in [-0.2, -0.15) is 5.26 Å². The Labute approximate surface area is 169 Å². The molecule has 1 saturated heterocycles. The molecule has 3 N–H and O–H groups in total. The molecule has 1 amide bonds. The summed E-state index contributed by atoms with van der Waals surface area (Å²) in [6, 6.07) is 15.3. The number of benzene rings is 2. The summed E-state index contributed by atoms with van der Waals surface area (Å²) in [6.45, 7) is 2.89. The van der Waals surface area contributed by atoms with Crippen molar-refractivity contribution in [2.75, 3.05) is 18.7 Å². The summed E-state index contributed by atoms with van der Waals surface area (Å²) < 4.78 is 10.8. The van der Waals surface area contributed by atoms with Crippen LogP contribution in [0.2, 0.25) is 0 Å². The minimum absolute atomic E-state index is 0.0711. The molecule has 29 heavy (non-hydrogen) atoms. The zero-order valence-corrected chi connectivity index (χ0v) is 16.1. The Kier molecular flexibility index (Phi) is 5.47. The molecule has 0 aliphatic carbocycles. The number of amides is 1. The fraction of sp³-hybridized carbons (Fsp3) is 0.273. The first-order valence-electron chi connectivity index (χ1n) is 9.58. The molecule has 0 radical (unpaired) electrons. The van der Waals surface area contributed by atoms with Crippen LogP contribution < -0.4 is 25.6 Å². The molecule has 4 rings (SSSR count). The van der Waals surface area contributed by atoms with Gasteiger partial charge in [-0.3, -0.25) is 10.2 Å². The molecule has 2 heterocycles. The van der Waals surface area contributed by atoms with Crippen LogP contribution in [0, 0.1) is 17.2 Å². The maximum Gasteiger partial charge on any atom is 0.265 e. The fourth-order valence-corrected chi connectivity index (χ4v) is 3.50. The lowest BCUT2D eigenvalue weighted by Crippen LogP contribution is -2.25. The molecule has 2 unspecified atom stereocenters. The van der Waals surface area contributed by atoms with Gasteiger partial charge in [0.2, 0.25) is 6.79 Å². The highest BCUT2D eigenvalue weighted by atomic mass is 16.7. The number of anilines is 1. The van der Waals surface area contributed by atoms with Crippen molar-refractivity contribution in [2.45, 2.75) is 19.4 Å². The van der Waals surface area contributed by atoms with E-state index >= 15 is 0 Å². The summed E-state index contributed by atoms with van der Waals surface area (Å²) in [5.41, 5.74) is 9.27. The van der Waals surface area contributed by atoms with E-state index in [0.29, 0.717) is 18.0 Å². The Balaban J connectivity index is 1.50. The van der Waals surface area contributed by atoms with Gasteiger partial charge in [-0.05, 0) is 41.8 Å². The molecule has 2 aliphatic heterocycles. The van der Waals surface area contributed by atoms with Gasteiger partial charge in [0.15, 0.2) is 11.5 Å². The summed E-state index contributed by atoms with van der Waals surface area (Å²) in [7, 11) is 0. The first kappa shape index (κ1) is 19.0. The maximum atomic E-state index is 12.6. The minimum atomic E-state index is -0.409. The standard InChI is InChI=1S/C22H22N4O3/c1-2-14-3-6-18(7-4-14)25-22(27)16(11-23)9-17-12-24-26-21(17)15-5-8-19-20(10-15)29-13-28-19/h3-10,17,21,24,26H,2,12-13H2,1H3,(H,25,27)/b16-9+. The van der Waals surface area contributed by atoms with E-state index in [9.17, 15) is 10.1 Å². The lowest BCUT2D eigenvalue weighted by atomic mass is 9.92. The smallest absolute Gasteiger partial charge is 0.265 e. The fourth-order valence-electron chi connectivity index (χ4n) is 3.50. The van der Waals surface area contributed by atoms with Gasteiger partial charge in [-0.1, -0.05) is 31.2 Å². The van der Waals surface area contributed by atoms with Crippen LogP contribution in [0.1, 0.15) is 24.1 Å². The molecule has 0 spiro atoms. The second kappa shape index (κ2) is 8.35. The Morgan fingerprint density at radius 1 is 1.24 bits per heavy atom. The highest BCUT2D eigenvalue weighted by Gasteiger charge is 2.29. The van der Waals surface area contributed by atoms with Crippen LogP contribution in [-0.2, 0) is 11.2 Å². The summed E-state index contributed by atoms with van der Waals surface area (Å²) in [5, 5.41) is 12.3. The normalized spacial score (nSPS) is 20.3. The van der Waals surface area contributed by atoms with Crippen LogP contribution in [0.3, 0.4) is 0 Å². The number of nitriles is 1. The van der Waals surface area contributed by atoms with Gasteiger partial charge in [0.05, 0.1) is 6.04 Å². The number of carbonyl (C=O) groups excluding carboxylic acids is 1. The molecule has 0 saturated carbocycles. The van der Waals surface area contributed by atoms with Crippen molar-refractivity contribution in [3.05, 3.63) is 65.2 Å². The summed E-state index contributed by atoms with van der Waals surface area (Å²) in [6.07, 6.45) is 2.65. The van der Waals surface area contributed by atoms with E-state index < -0.39 is 5.91 Å². The molecule has 2 aliphatic rings. The maximum absolute atomic E-state index is 12.6. The van der Waals surface area contributed by atoms with E-state index in [1.54, 1.807) is 6.08 Å². The Bertz CT molecular complexity index is 979. The third-order valence-electron chi connectivity index (χ3n) is 5.15. The van der Waals surface area contributed by atoms with Crippen LogP contribution in [0.4, 0.5) is 5.69 Å². The van der Waals surface area contributed by atoms with Crippen LogP contribution in [-0.4, -0.2) is 19.2 Å². The van der Waals surface area contributed by atoms with Crippen LogP contribution >= 0.6 is 0 Å². The molecule has 2 atom stereocenters. The molecule has 2 aromatic rings. The number of fused-ring (bicyclic) bond motifs is 1. The molecule has 1 fully saturated rings. The van der Waals surface area contributed by atoms with Crippen LogP contribution in [0.5, 0.6) is 11.5 Å². The molecule has 148 valence electrons. The van der Waals surface area contributed by atoms with Crippen molar-refractivity contribution in [2.24, 2.45) is 5.92 Å². The zero-order valence-electron chi connectivity index (χ0n) is 16.1. The van der Waals surface area contributed by atoms with E-state index in [-0.39, 0.29) is 24.3 Å². The molecular weight excluding hydrogens is 368 g/mol. The number of nitrogens with zero attached hydrogens (tertiary/aromatic N) is 1. The first-order valence-corrected chi connectivity index (χ1v) is 9.58. The van der Waals surface area contributed by atoms with Crippen molar-refractivity contribution in [1.29, 1.82) is 5.26 Å². The number of nitrogens with one attached hydrogen (secondary N) is 3. The number of rotatable bonds is 5. The van der Waals surface area contributed by atoms with E-state index in [1.807, 2.05) is 48.5 Å². The van der Waals surface area contributed by atoms with Crippen molar-refractivity contribution >= 4 is 11.6 Å². The van der Waals surface area contributed by atoms with Gasteiger partial charge < -0.3 is 14.8 Å². The van der Waals surface area contributed by atoms with E-state index in [1.165, 1.54) is 5.56 Å². The average molecular weight is 390 g/mol. The van der Waals surface area contributed by atoms with Crippen molar-refractivity contribution < 1.29 is 14.3 Å². The number of hydrogen-bond donors (Lipinski definition) is 3. The number of carbonyl (C=O) groups is 1. The predicted octanol–water partition coefficient (Wildman–Crippen LogP) is 2.83. The predicted molar refractivity (Wildman–Crippen MR) is 108 cm³/mol. The third kappa shape index (κ3) is 4.09. The second-order valence-electron chi connectivity index (χ2n) is 6.98. The molecule has 7 heteroatoms. The van der Waals surface area contributed by atoms with Gasteiger partial charge in [-0.15, -0.1) is 0 Å². The Morgan fingerprint density at radius 3 is 2.79 bits per heavy atom. The van der Waals surface area contributed by atoms with Gasteiger partial charge >= 0.3 is 0 Å². The highest BCUT2D eigenvalue weighted by molar-refractivity contribution is 6.06. The molecule has 0 aromatic heterocycles. The van der Waals surface area contributed by atoms with E-state index in [2.05, 4.69) is 23.1 Å². The monoisotopic (exact) mass is 390 g/mol. The molecule has 0 bridgehead atoms. The Morgan fingerprint density at radius 2 is 2.03 bits per heavy atom. The summed E-state index contributed by atoms with van der Waals surface area (Å²) >= 11 is 0. The third-order valence-corrected chi connectivity index (χ3v) is 5.15. The largest absolute Gasteiger partial charge is 0.454 e. The highest BCUT2D eigenvalue weighted by Crippen LogP contribution is 2.36. The van der Waals surface area contributed by atoms with Gasteiger partial charge in [0.1, 0.15) is 11.6 Å². The number of aryl methyl sites for hydroxylation is 1. The molecule has 7 nitrogen and oxygen atoms in total. The molecule has 2 aromatic carbocycles. The zero-order chi connectivity index (χ0) is 20.2. The lowest BCUT2D eigenvalue weighted by molar-refractivity contribution is -0.112. The average Bonchev–Trinajstić information content (AvgIpc) is 3.41. The first-order chi connectivity index (χ1) is 14.2.